The standard InChI is InChI=1S/C15H21NO4/c1-11-6-7-14(16(18)19)15(8-11)20-10-13(17)9-12-4-2-3-5-12/h6-8,12-13,17H,2-5,9-10H2,1H3. The van der Waals surface area contributed by atoms with Crippen molar-refractivity contribution >= 4 is 5.69 Å². The first-order valence-corrected chi connectivity index (χ1v) is 7.12. The van der Waals surface area contributed by atoms with Crippen LogP contribution in [0.15, 0.2) is 18.2 Å². The van der Waals surface area contributed by atoms with Crippen LogP contribution >= 0.6 is 0 Å². The van der Waals surface area contributed by atoms with Gasteiger partial charge in [0, 0.05) is 6.07 Å². The zero-order chi connectivity index (χ0) is 14.5. The van der Waals surface area contributed by atoms with Gasteiger partial charge in [-0.1, -0.05) is 31.7 Å². The average Bonchev–Trinajstić information content (AvgIpc) is 2.89. The van der Waals surface area contributed by atoms with E-state index in [0.717, 1.165) is 12.0 Å². The number of nitro benzene ring substituents is 1. The molecule has 0 heterocycles. The number of aliphatic hydroxyl groups excluding tert-OH is 1. The summed E-state index contributed by atoms with van der Waals surface area (Å²) in [5, 5.41) is 20.9. The van der Waals surface area contributed by atoms with E-state index in [9.17, 15) is 15.2 Å². The van der Waals surface area contributed by atoms with Crippen molar-refractivity contribution < 1.29 is 14.8 Å². The molecule has 0 saturated heterocycles. The van der Waals surface area contributed by atoms with Crippen LogP contribution in [0.2, 0.25) is 0 Å². The van der Waals surface area contributed by atoms with E-state index in [1.165, 1.54) is 31.7 Å². The van der Waals surface area contributed by atoms with Gasteiger partial charge in [-0.2, -0.15) is 0 Å². The number of aryl methyl sites for hydroxylation is 1. The Morgan fingerprint density at radius 3 is 2.80 bits per heavy atom. The van der Waals surface area contributed by atoms with E-state index in [1.807, 2.05) is 6.92 Å². The Balaban J connectivity index is 1.92. The molecule has 1 N–H and O–H groups in total. The van der Waals surface area contributed by atoms with Crippen LogP contribution in [0.5, 0.6) is 5.75 Å². The lowest BCUT2D eigenvalue weighted by Gasteiger charge is -2.16. The number of rotatable bonds is 6. The van der Waals surface area contributed by atoms with Crippen molar-refractivity contribution in [1.29, 1.82) is 0 Å². The van der Waals surface area contributed by atoms with E-state index in [0.29, 0.717) is 5.92 Å². The van der Waals surface area contributed by atoms with Crippen LogP contribution in [-0.4, -0.2) is 22.7 Å². The number of hydrogen-bond donors (Lipinski definition) is 1. The molecule has 1 atom stereocenters. The molecule has 0 aliphatic heterocycles. The Kier molecular flexibility index (Phi) is 4.95. The predicted octanol–water partition coefficient (Wildman–Crippen LogP) is 3.22. The van der Waals surface area contributed by atoms with Gasteiger partial charge in [0.15, 0.2) is 5.75 Å². The van der Waals surface area contributed by atoms with Gasteiger partial charge >= 0.3 is 5.69 Å². The van der Waals surface area contributed by atoms with Crippen molar-refractivity contribution in [2.24, 2.45) is 5.92 Å². The minimum absolute atomic E-state index is 0.0522. The Morgan fingerprint density at radius 1 is 1.45 bits per heavy atom. The highest BCUT2D eigenvalue weighted by atomic mass is 16.6. The maximum atomic E-state index is 10.9. The first-order valence-electron chi connectivity index (χ1n) is 7.12. The largest absolute Gasteiger partial charge is 0.484 e. The quantitative estimate of drug-likeness (QED) is 0.641. The maximum absolute atomic E-state index is 10.9. The molecule has 0 amide bonds. The summed E-state index contributed by atoms with van der Waals surface area (Å²) in [6, 6.07) is 4.76. The fraction of sp³-hybridized carbons (Fsp3) is 0.600. The third-order valence-corrected chi connectivity index (χ3v) is 3.82. The van der Waals surface area contributed by atoms with Crippen molar-refractivity contribution in [3.63, 3.8) is 0 Å². The molecule has 20 heavy (non-hydrogen) atoms. The van der Waals surface area contributed by atoms with Gasteiger partial charge in [0.25, 0.3) is 0 Å². The second-order valence-corrected chi connectivity index (χ2v) is 5.58. The van der Waals surface area contributed by atoms with Crippen LogP contribution in [0.1, 0.15) is 37.7 Å². The number of aliphatic hydroxyl groups is 1. The number of nitrogens with zero attached hydrogens (tertiary/aromatic N) is 1. The number of hydrogen-bond acceptors (Lipinski definition) is 4. The lowest BCUT2D eigenvalue weighted by Crippen LogP contribution is -2.20. The first-order chi connectivity index (χ1) is 9.56. The molecule has 1 aromatic rings. The first kappa shape index (κ1) is 14.8. The van der Waals surface area contributed by atoms with Gasteiger partial charge in [-0.3, -0.25) is 10.1 Å². The molecule has 0 aromatic heterocycles. The number of benzene rings is 1. The molecule has 5 nitrogen and oxygen atoms in total. The average molecular weight is 279 g/mol. The Morgan fingerprint density at radius 2 is 2.15 bits per heavy atom. The Bertz CT molecular complexity index is 469. The summed E-state index contributed by atoms with van der Waals surface area (Å²) in [7, 11) is 0. The smallest absolute Gasteiger partial charge is 0.310 e. The molecule has 1 fully saturated rings. The van der Waals surface area contributed by atoms with Gasteiger partial charge in [0.05, 0.1) is 11.0 Å². The zero-order valence-corrected chi connectivity index (χ0v) is 11.7. The predicted molar refractivity (Wildman–Crippen MR) is 75.9 cm³/mol. The molecule has 1 aliphatic carbocycles. The van der Waals surface area contributed by atoms with Crippen molar-refractivity contribution in [2.45, 2.75) is 45.1 Å². The van der Waals surface area contributed by atoms with Gasteiger partial charge in [0.1, 0.15) is 6.61 Å². The SMILES string of the molecule is Cc1ccc([N+](=O)[O-])c(OCC(O)CC2CCCC2)c1. The van der Waals surface area contributed by atoms with Crippen molar-refractivity contribution in [1.82, 2.24) is 0 Å². The molecule has 5 heteroatoms. The topological polar surface area (TPSA) is 72.6 Å². The van der Waals surface area contributed by atoms with E-state index in [1.54, 1.807) is 12.1 Å². The van der Waals surface area contributed by atoms with Crippen LogP contribution in [0.25, 0.3) is 0 Å². The molecule has 1 aromatic carbocycles. The van der Waals surface area contributed by atoms with E-state index in [4.69, 9.17) is 4.74 Å². The third-order valence-electron chi connectivity index (χ3n) is 3.82. The summed E-state index contributed by atoms with van der Waals surface area (Å²) in [6.45, 7) is 1.96. The van der Waals surface area contributed by atoms with E-state index < -0.39 is 11.0 Å². The fourth-order valence-corrected chi connectivity index (χ4v) is 2.77. The molecular weight excluding hydrogens is 258 g/mol. The second-order valence-electron chi connectivity index (χ2n) is 5.58. The summed E-state index contributed by atoms with van der Waals surface area (Å²) < 4.78 is 5.46. The molecule has 110 valence electrons. The number of ether oxygens (including phenoxy) is 1. The van der Waals surface area contributed by atoms with E-state index in [2.05, 4.69) is 0 Å². The minimum atomic E-state index is -0.557. The second kappa shape index (κ2) is 6.70. The van der Waals surface area contributed by atoms with Crippen LogP contribution in [0, 0.1) is 23.0 Å². The normalized spacial score (nSPS) is 17.1. The third kappa shape index (κ3) is 3.93. The maximum Gasteiger partial charge on any atom is 0.310 e. The molecule has 0 bridgehead atoms. The van der Waals surface area contributed by atoms with Crippen LogP contribution in [-0.2, 0) is 0 Å². The lowest BCUT2D eigenvalue weighted by molar-refractivity contribution is -0.385. The van der Waals surface area contributed by atoms with E-state index >= 15 is 0 Å². The van der Waals surface area contributed by atoms with E-state index in [-0.39, 0.29) is 18.0 Å². The monoisotopic (exact) mass is 279 g/mol. The highest BCUT2D eigenvalue weighted by molar-refractivity contribution is 5.48. The summed E-state index contributed by atoms with van der Waals surface area (Å²) in [5.74, 6) is 0.807. The summed E-state index contributed by atoms with van der Waals surface area (Å²) in [5.41, 5.74) is 0.847. The van der Waals surface area contributed by atoms with Gasteiger partial charge in [0.2, 0.25) is 0 Å². The van der Waals surface area contributed by atoms with Crippen LogP contribution in [0.4, 0.5) is 5.69 Å². The molecule has 0 radical (unpaired) electrons. The molecule has 1 unspecified atom stereocenters. The van der Waals surface area contributed by atoms with Gasteiger partial charge in [-0.15, -0.1) is 0 Å². The highest BCUT2D eigenvalue weighted by Crippen LogP contribution is 2.30. The van der Waals surface area contributed by atoms with Crippen molar-refractivity contribution in [3.05, 3.63) is 33.9 Å². The lowest BCUT2D eigenvalue weighted by atomic mass is 10.0. The highest BCUT2D eigenvalue weighted by Gasteiger charge is 2.21. The molecule has 2 rings (SSSR count). The minimum Gasteiger partial charge on any atom is -0.484 e. The van der Waals surface area contributed by atoms with Gasteiger partial charge in [-0.05, 0) is 30.9 Å². The van der Waals surface area contributed by atoms with Gasteiger partial charge < -0.3 is 9.84 Å². The van der Waals surface area contributed by atoms with Crippen molar-refractivity contribution in [2.75, 3.05) is 6.61 Å². The Labute approximate surface area is 118 Å². The molecule has 1 aliphatic rings. The number of nitro groups is 1. The van der Waals surface area contributed by atoms with Gasteiger partial charge in [-0.25, -0.2) is 0 Å². The fourth-order valence-electron chi connectivity index (χ4n) is 2.77. The molecule has 0 spiro atoms. The Hall–Kier alpha value is -1.62. The summed E-state index contributed by atoms with van der Waals surface area (Å²) in [4.78, 5) is 10.5. The molecular formula is C15H21NO4. The zero-order valence-electron chi connectivity index (χ0n) is 11.7. The van der Waals surface area contributed by atoms with Crippen molar-refractivity contribution in [3.8, 4) is 5.75 Å². The summed E-state index contributed by atoms with van der Waals surface area (Å²) >= 11 is 0. The van der Waals surface area contributed by atoms with Crippen LogP contribution in [0.3, 0.4) is 0 Å². The molecule has 1 saturated carbocycles. The summed E-state index contributed by atoms with van der Waals surface area (Å²) in [6.07, 6.45) is 4.98. The van der Waals surface area contributed by atoms with Crippen LogP contribution < -0.4 is 4.74 Å².